The predicted octanol–water partition coefficient (Wildman–Crippen LogP) is 29.1. The number of nitrogens with zero attached hydrogens (tertiary/aromatic N) is 8. The van der Waals surface area contributed by atoms with E-state index in [1.807, 2.05) is 0 Å². The van der Waals surface area contributed by atoms with Crippen molar-refractivity contribution in [2.75, 3.05) is 0 Å². The van der Waals surface area contributed by atoms with Crippen molar-refractivity contribution in [3.8, 4) is 101 Å². The lowest BCUT2D eigenvalue weighted by atomic mass is 9.99. The van der Waals surface area contributed by atoms with Crippen LogP contribution in [0.2, 0.25) is 0 Å². The summed E-state index contributed by atoms with van der Waals surface area (Å²) >= 11 is 0. The number of hydrogen-bond acceptors (Lipinski definition) is 2. The third-order valence-electron chi connectivity index (χ3n) is 25.0. The topological polar surface area (TPSA) is 55.4 Å². The van der Waals surface area contributed by atoms with Crippen LogP contribution in [0.5, 0.6) is 0 Å². The fraction of sp³-hybridized carbons (Fsp3) is 0. The van der Waals surface area contributed by atoms with Gasteiger partial charge in [0.25, 0.3) is 0 Å². The highest BCUT2D eigenvalue weighted by Crippen LogP contribution is 2.46. The van der Waals surface area contributed by atoms with Crippen molar-refractivity contribution < 1.29 is 0 Å². The number of hydrogen-bond donors (Lipinski definition) is 0. The standard InChI is InChI=1S/C112H70N8/c1-6-26-71(27-7-1)112-113-98(78-52-59-111-97(68-78)96-67-77(51-58-110(96)118(111)83-34-14-5-15-35-83)76-48-55-107-93(64-76)88-38-18-23-43-102(88)117(107)82-32-12-4-13-33-82)70-99(114-112)79-60-84(119-103-44-24-19-39-89(103)94-65-74(49-56-108(94)119)72-46-53-105-91(62-72)86-36-16-21-41-100(86)115(105)80-28-8-2-9-29-80)69-85(61-79)120-104-45-25-20-40-90(104)95-66-75(50-57-109(95)120)73-47-54-106-92(63-73)87-37-17-22-42-101(87)116(106)81-30-10-3-11-31-81/h1-70H. The maximum Gasteiger partial charge on any atom is 0.160 e. The summed E-state index contributed by atoms with van der Waals surface area (Å²) in [6.45, 7) is 0. The highest BCUT2D eigenvalue weighted by Gasteiger charge is 2.25. The van der Waals surface area contributed by atoms with Gasteiger partial charge in [0.1, 0.15) is 0 Å². The minimum atomic E-state index is 0.632. The Morgan fingerprint density at radius 2 is 0.333 bits per heavy atom. The Balaban J connectivity index is 0.688. The second kappa shape index (κ2) is 26.7. The minimum absolute atomic E-state index is 0.632. The molecular weight excluding hydrogens is 1460 g/mol. The second-order valence-corrected chi connectivity index (χ2v) is 31.6. The van der Waals surface area contributed by atoms with Crippen LogP contribution in [0.1, 0.15) is 0 Å². The molecule has 25 aromatic rings. The second-order valence-electron chi connectivity index (χ2n) is 31.6. The minimum Gasteiger partial charge on any atom is -0.309 e. The fourth-order valence-corrected chi connectivity index (χ4v) is 19.6. The monoisotopic (exact) mass is 1530 g/mol. The zero-order valence-electron chi connectivity index (χ0n) is 65.0. The van der Waals surface area contributed by atoms with E-state index >= 15 is 0 Å². The number of rotatable bonds is 12. The van der Waals surface area contributed by atoms with Crippen LogP contribution in [0, 0.1) is 0 Å². The molecule has 7 aromatic heterocycles. The Bertz CT molecular complexity index is 8220. The van der Waals surface area contributed by atoms with Crippen LogP contribution >= 0.6 is 0 Å². The van der Waals surface area contributed by atoms with Gasteiger partial charge in [0.2, 0.25) is 0 Å². The summed E-state index contributed by atoms with van der Waals surface area (Å²) in [5.41, 5.74) is 31.5. The van der Waals surface area contributed by atoms with Crippen molar-refractivity contribution in [1.29, 1.82) is 0 Å². The molecule has 0 amide bonds. The lowest BCUT2D eigenvalue weighted by molar-refractivity contribution is 1.13. The molecule has 8 heteroatoms. The molecule has 25 rings (SSSR count). The van der Waals surface area contributed by atoms with Gasteiger partial charge in [0, 0.05) is 115 Å². The van der Waals surface area contributed by atoms with E-state index in [2.05, 4.69) is 452 Å². The van der Waals surface area contributed by atoms with Crippen LogP contribution in [0.4, 0.5) is 0 Å². The fourth-order valence-electron chi connectivity index (χ4n) is 19.6. The highest BCUT2D eigenvalue weighted by atomic mass is 15.0. The number of aromatic nitrogens is 8. The molecule has 0 aliphatic carbocycles. The summed E-state index contributed by atoms with van der Waals surface area (Å²) in [7, 11) is 0. The summed E-state index contributed by atoms with van der Waals surface area (Å²) in [6.07, 6.45) is 0. The van der Waals surface area contributed by atoms with E-state index in [0.717, 1.165) is 161 Å². The summed E-state index contributed by atoms with van der Waals surface area (Å²) in [5.74, 6) is 0.632. The first-order valence-electron chi connectivity index (χ1n) is 41.1. The van der Waals surface area contributed by atoms with Crippen molar-refractivity contribution in [2.24, 2.45) is 0 Å². The van der Waals surface area contributed by atoms with Gasteiger partial charge in [-0.1, -0.05) is 237 Å². The van der Waals surface area contributed by atoms with E-state index in [4.69, 9.17) is 9.97 Å². The maximum atomic E-state index is 5.72. The van der Waals surface area contributed by atoms with Crippen molar-refractivity contribution in [2.45, 2.75) is 0 Å². The van der Waals surface area contributed by atoms with E-state index in [-0.39, 0.29) is 0 Å². The quantitative estimate of drug-likeness (QED) is 0.122. The van der Waals surface area contributed by atoms with Gasteiger partial charge in [-0.3, -0.25) is 0 Å². The van der Waals surface area contributed by atoms with E-state index in [1.54, 1.807) is 0 Å². The largest absolute Gasteiger partial charge is 0.309 e. The van der Waals surface area contributed by atoms with Gasteiger partial charge in [-0.25, -0.2) is 9.97 Å². The van der Waals surface area contributed by atoms with Gasteiger partial charge in [-0.05, 0) is 221 Å². The Kier molecular flexibility index (Phi) is 15.0. The maximum absolute atomic E-state index is 5.72. The molecule has 0 N–H and O–H groups in total. The molecule has 0 bridgehead atoms. The Labute approximate surface area is 689 Å². The number of benzene rings is 18. The average molecular weight is 1530 g/mol. The summed E-state index contributed by atoms with van der Waals surface area (Å²) in [6, 6.07) is 156. The third kappa shape index (κ3) is 10.5. The van der Waals surface area contributed by atoms with Gasteiger partial charge in [-0.2, -0.15) is 0 Å². The SMILES string of the molecule is c1ccc(-c2nc(-c3cc(-n4c5ccccc5c5cc(-c6ccc7c(c6)c6ccccc6n7-c6ccccc6)ccc54)cc(-n4c5ccccc5c5cc(-c6ccc7c(c6)c6ccccc6n7-c6ccccc6)ccc54)c3)cc(-c3ccc4c(c3)c3cc(-c5ccc6c(c5)c5ccccc5n6-c5ccccc5)ccc3n4-c3ccccc3)n2)cc1. The molecule has 0 fully saturated rings. The Morgan fingerprint density at radius 1 is 0.125 bits per heavy atom. The lowest BCUT2D eigenvalue weighted by Crippen LogP contribution is -2.02. The molecule has 120 heavy (non-hydrogen) atoms. The normalized spacial score (nSPS) is 12.0. The molecule has 0 spiro atoms. The molecule has 0 aliphatic rings. The summed E-state index contributed by atoms with van der Waals surface area (Å²) in [5, 5.41) is 14.2. The molecule has 0 saturated heterocycles. The summed E-state index contributed by atoms with van der Waals surface area (Å²) < 4.78 is 14.5. The van der Waals surface area contributed by atoms with Gasteiger partial charge < -0.3 is 27.4 Å². The Morgan fingerprint density at radius 3 is 0.617 bits per heavy atom. The smallest absolute Gasteiger partial charge is 0.160 e. The number of para-hydroxylation sites is 9. The third-order valence-corrected chi connectivity index (χ3v) is 25.0. The molecular formula is C112H70N8. The lowest BCUT2D eigenvalue weighted by Gasteiger charge is -2.17. The van der Waals surface area contributed by atoms with Crippen LogP contribution in [0.3, 0.4) is 0 Å². The Hall–Kier alpha value is -16.2. The van der Waals surface area contributed by atoms with E-state index in [9.17, 15) is 0 Å². The van der Waals surface area contributed by atoms with Crippen LogP contribution in [-0.4, -0.2) is 37.4 Å². The van der Waals surface area contributed by atoms with Gasteiger partial charge >= 0.3 is 0 Å². The molecule has 0 unspecified atom stereocenters. The van der Waals surface area contributed by atoms with Crippen LogP contribution < -0.4 is 0 Å². The van der Waals surface area contributed by atoms with E-state index in [1.165, 1.54) is 65.4 Å². The molecule has 0 radical (unpaired) electrons. The first kappa shape index (κ1) is 67.2. The first-order valence-corrected chi connectivity index (χ1v) is 41.1. The molecule has 0 atom stereocenters. The molecule has 18 aromatic carbocycles. The zero-order valence-corrected chi connectivity index (χ0v) is 65.0. The van der Waals surface area contributed by atoms with Crippen molar-refractivity contribution in [3.05, 3.63) is 425 Å². The molecule has 0 aliphatic heterocycles. The van der Waals surface area contributed by atoms with Gasteiger partial charge in [-0.15, -0.1) is 0 Å². The van der Waals surface area contributed by atoms with Gasteiger partial charge in [0.05, 0.1) is 77.6 Å². The summed E-state index contributed by atoms with van der Waals surface area (Å²) in [4.78, 5) is 11.4. The van der Waals surface area contributed by atoms with Crippen molar-refractivity contribution in [1.82, 2.24) is 37.4 Å². The molecule has 7 heterocycles. The van der Waals surface area contributed by atoms with Crippen LogP contribution in [0.15, 0.2) is 425 Å². The zero-order chi connectivity index (χ0) is 78.6. The van der Waals surface area contributed by atoms with Gasteiger partial charge in [0.15, 0.2) is 5.82 Å². The number of fused-ring (bicyclic) bond motifs is 18. The first-order chi connectivity index (χ1) is 59.5. The van der Waals surface area contributed by atoms with Crippen LogP contribution in [-0.2, 0) is 0 Å². The van der Waals surface area contributed by atoms with E-state index in [0.29, 0.717) is 5.82 Å². The van der Waals surface area contributed by atoms with Crippen molar-refractivity contribution >= 4 is 131 Å². The van der Waals surface area contributed by atoms with E-state index < -0.39 is 0 Å². The molecule has 8 nitrogen and oxygen atoms in total. The average Bonchev–Trinajstić information content (AvgIpc) is 1.58. The van der Waals surface area contributed by atoms with Crippen molar-refractivity contribution in [3.63, 3.8) is 0 Å². The van der Waals surface area contributed by atoms with Crippen LogP contribution in [0.25, 0.3) is 232 Å². The highest BCUT2D eigenvalue weighted by molar-refractivity contribution is 6.17. The molecule has 558 valence electrons. The predicted molar refractivity (Wildman–Crippen MR) is 501 cm³/mol. The molecule has 0 saturated carbocycles.